The van der Waals surface area contributed by atoms with E-state index in [2.05, 4.69) is 26.0 Å². The molecule has 1 heterocycles. The van der Waals surface area contributed by atoms with Crippen LogP contribution in [0, 0.1) is 0 Å². The molecule has 4 aromatic rings. The van der Waals surface area contributed by atoms with Crippen LogP contribution in [0.1, 0.15) is 31.2 Å². The van der Waals surface area contributed by atoms with E-state index in [4.69, 9.17) is 18.9 Å². The quantitative estimate of drug-likeness (QED) is 0.346. The fraction of sp³-hybridized carbons (Fsp3) is 0.192. The molecule has 4 heteroatoms. The van der Waals surface area contributed by atoms with Crippen molar-refractivity contribution in [2.24, 2.45) is 0 Å². The lowest BCUT2D eigenvalue weighted by Crippen LogP contribution is -1.94. The Hall–Kier alpha value is -3.53. The van der Waals surface area contributed by atoms with Gasteiger partial charge in [0.15, 0.2) is 11.7 Å². The maximum absolute atomic E-state index is 6.16. The first kappa shape index (κ1) is 19.8. The molecule has 0 fully saturated rings. The van der Waals surface area contributed by atoms with Crippen LogP contribution in [-0.4, -0.2) is 12.1 Å². The summed E-state index contributed by atoms with van der Waals surface area (Å²) in [5, 5.41) is 0. The molecule has 30 heavy (non-hydrogen) atoms. The van der Waals surface area contributed by atoms with Crippen molar-refractivity contribution in [2.45, 2.75) is 26.4 Å². The Morgan fingerprint density at radius 3 is 2.07 bits per heavy atom. The summed E-state index contributed by atoms with van der Waals surface area (Å²) in [6, 6.07) is 26.0. The molecule has 1 aromatic heterocycles. The molecule has 0 aliphatic carbocycles. The predicted octanol–water partition coefficient (Wildman–Crippen LogP) is 6.72. The Kier molecular flexibility index (Phi) is 5.84. The summed E-state index contributed by atoms with van der Waals surface area (Å²) >= 11 is 0. The summed E-state index contributed by atoms with van der Waals surface area (Å²) in [5.74, 6) is 3.31. The first-order valence-electron chi connectivity index (χ1n) is 10.1. The van der Waals surface area contributed by atoms with Gasteiger partial charge in [-0.25, -0.2) is 4.98 Å². The zero-order valence-corrected chi connectivity index (χ0v) is 17.5. The Bertz CT molecular complexity index is 1080. The van der Waals surface area contributed by atoms with E-state index < -0.39 is 0 Å². The average molecular weight is 399 g/mol. The highest BCUT2D eigenvalue weighted by molar-refractivity contribution is 5.77. The average Bonchev–Trinajstić information content (AvgIpc) is 3.25. The highest BCUT2D eigenvalue weighted by Gasteiger charge is 2.19. The highest BCUT2D eigenvalue weighted by Crippen LogP contribution is 2.36. The SMILES string of the molecule is COc1ccc(-c2nc(C(C)C)oc2-c2ccc(OCc3ccccc3)cc2)cc1. The fourth-order valence-electron chi connectivity index (χ4n) is 3.17. The minimum atomic E-state index is 0.198. The molecule has 0 aliphatic heterocycles. The maximum atomic E-state index is 6.16. The van der Waals surface area contributed by atoms with Gasteiger partial charge in [-0.3, -0.25) is 0 Å². The van der Waals surface area contributed by atoms with Crippen molar-refractivity contribution in [3.63, 3.8) is 0 Å². The van der Waals surface area contributed by atoms with Gasteiger partial charge in [-0.1, -0.05) is 44.2 Å². The second-order valence-electron chi connectivity index (χ2n) is 7.41. The van der Waals surface area contributed by atoms with E-state index in [1.165, 1.54) is 0 Å². The maximum Gasteiger partial charge on any atom is 0.198 e. The number of aromatic nitrogens is 1. The summed E-state index contributed by atoms with van der Waals surface area (Å²) in [6.07, 6.45) is 0. The van der Waals surface area contributed by atoms with Crippen LogP contribution in [0.25, 0.3) is 22.6 Å². The van der Waals surface area contributed by atoms with Crippen molar-refractivity contribution in [2.75, 3.05) is 7.11 Å². The van der Waals surface area contributed by atoms with Crippen LogP contribution < -0.4 is 9.47 Å². The van der Waals surface area contributed by atoms with Crippen LogP contribution in [0.5, 0.6) is 11.5 Å². The molecule has 0 spiro atoms. The monoisotopic (exact) mass is 399 g/mol. The van der Waals surface area contributed by atoms with E-state index in [9.17, 15) is 0 Å². The molecule has 0 unspecified atom stereocenters. The van der Waals surface area contributed by atoms with Crippen molar-refractivity contribution in [1.29, 1.82) is 0 Å². The molecule has 0 amide bonds. The smallest absolute Gasteiger partial charge is 0.198 e. The first-order chi connectivity index (χ1) is 14.6. The second-order valence-corrected chi connectivity index (χ2v) is 7.41. The van der Waals surface area contributed by atoms with Gasteiger partial charge in [0.25, 0.3) is 0 Å². The summed E-state index contributed by atoms with van der Waals surface area (Å²) < 4.78 is 17.3. The topological polar surface area (TPSA) is 44.5 Å². The molecule has 0 N–H and O–H groups in total. The van der Waals surface area contributed by atoms with Crippen LogP contribution in [0.3, 0.4) is 0 Å². The molecule has 152 valence electrons. The zero-order chi connectivity index (χ0) is 20.9. The molecule has 0 aliphatic rings. The van der Waals surface area contributed by atoms with Gasteiger partial charge in [0.1, 0.15) is 23.8 Å². The lowest BCUT2D eigenvalue weighted by atomic mass is 10.1. The summed E-state index contributed by atoms with van der Waals surface area (Å²) in [6.45, 7) is 4.69. The molecule has 0 atom stereocenters. The number of benzene rings is 3. The normalized spacial score (nSPS) is 10.9. The molecule has 3 aromatic carbocycles. The van der Waals surface area contributed by atoms with Gasteiger partial charge in [0.05, 0.1) is 7.11 Å². The number of ether oxygens (including phenoxy) is 2. The zero-order valence-electron chi connectivity index (χ0n) is 17.5. The van der Waals surface area contributed by atoms with Crippen LogP contribution in [-0.2, 0) is 6.61 Å². The van der Waals surface area contributed by atoms with E-state index in [1.54, 1.807) is 7.11 Å². The van der Waals surface area contributed by atoms with Crippen LogP contribution in [0.2, 0.25) is 0 Å². The van der Waals surface area contributed by atoms with Gasteiger partial charge in [-0.2, -0.15) is 0 Å². The Morgan fingerprint density at radius 2 is 1.43 bits per heavy atom. The summed E-state index contributed by atoms with van der Waals surface area (Å²) in [5.41, 5.74) is 3.93. The van der Waals surface area contributed by atoms with E-state index in [0.717, 1.165) is 45.5 Å². The van der Waals surface area contributed by atoms with Gasteiger partial charge in [-0.05, 0) is 54.1 Å². The van der Waals surface area contributed by atoms with Crippen LogP contribution >= 0.6 is 0 Å². The molecular weight excluding hydrogens is 374 g/mol. The van der Waals surface area contributed by atoms with Gasteiger partial charge in [0, 0.05) is 17.0 Å². The lowest BCUT2D eigenvalue weighted by molar-refractivity contribution is 0.306. The number of oxazole rings is 1. The summed E-state index contributed by atoms with van der Waals surface area (Å²) in [7, 11) is 1.66. The highest BCUT2D eigenvalue weighted by atomic mass is 16.5. The third-order valence-electron chi connectivity index (χ3n) is 4.87. The van der Waals surface area contributed by atoms with Crippen LogP contribution in [0.15, 0.2) is 83.3 Å². The van der Waals surface area contributed by atoms with Crippen molar-refractivity contribution in [3.8, 4) is 34.1 Å². The van der Waals surface area contributed by atoms with E-state index in [-0.39, 0.29) is 5.92 Å². The predicted molar refractivity (Wildman–Crippen MR) is 119 cm³/mol. The number of methoxy groups -OCH3 is 1. The standard InChI is InChI=1S/C26H25NO3/c1-18(2)26-27-24(20-9-13-22(28-3)14-10-20)25(30-26)21-11-15-23(16-12-21)29-17-19-7-5-4-6-8-19/h4-16,18H,17H2,1-3H3. The van der Waals surface area contributed by atoms with E-state index >= 15 is 0 Å². The van der Waals surface area contributed by atoms with Gasteiger partial charge >= 0.3 is 0 Å². The molecular formula is C26H25NO3. The molecule has 4 nitrogen and oxygen atoms in total. The number of hydrogen-bond acceptors (Lipinski definition) is 4. The first-order valence-corrected chi connectivity index (χ1v) is 10.1. The molecule has 0 bridgehead atoms. The van der Waals surface area contributed by atoms with Crippen molar-refractivity contribution < 1.29 is 13.9 Å². The fourth-order valence-corrected chi connectivity index (χ4v) is 3.17. The third kappa shape index (κ3) is 4.38. The van der Waals surface area contributed by atoms with Crippen molar-refractivity contribution >= 4 is 0 Å². The number of rotatable bonds is 7. The Balaban J connectivity index is 1.60. The second kappa shape index (κ2) is 8.87. The largest absolute Gasteiger partial charge is 0.497 e. The molecule has 0 radical (unpaired) electrons. The van der Waals surface area contributed by atoms with Gasteiger partial charge < -0.3 is 13.9 Å². The minimum Gasteiger partial charge on any atom is -0.497 e. The van der Waals surface area contributed by atoms with Crippen molar-refractivity contribution in [1.82, 2.24) is 4.98 Å². The third-order valence-corrected chi connectivity index (χ3v) is 4.87. The van der Waals surface area contributed by atoms with E-state index in [1.807, 2.05) is 66.7 Å². The number of hydrogen-bond donors (Lipinski definition) is 0. The van der Waals surface area contributed by atoms with Gasteiger partial charge in [-0.15, -0.1) is 0 Å². The van der Waals surface area contributed by atoms with Gasteiger partial charge in [0.2, 0.25) is 0 Å². The molecule has 0 saturated heterocycles. The summed E-state index contributed by atoms with van der Waals surface area (Å²) in [4.78, 5) is 4.77. The minimum absolute atomic E-state index is 0.198. The van der Waals surface area contributed by atoms with Crippen LogP contribution in [0.4, 0.5) is 0 Å². The number of nitrogens with zero attached hydrogens (tertiary/aromatic N) is 1. The van der Waals surface area contributed by atoms with Crippen molar-refractivity contribution in [3.05, 3.63) is 90.3 Å². The Morgan fingerprint density at radius 1 is 0.800 bits per heavy atom. The van der Waals surface area contributed by atoms with E-state index in [0.29, 0.717) is 6.61 Å². The lowest BCUT2D eigenvalue weighted by Gasteiger charge is -2.07. The molecule has 4 rings (SSSR count). The Labute approximate surface area is 177 Å². The molecule has 0 saturated carbocycles.